The van der Waals surface area contributed by atoms with Gasteiger partial charge in [0.1, 0.15) is 0 Å². The summed E-state index contributed by atoms with van der Waals surface area (Å²) in [5.74, 6) is -0.0463. The Morgan fingerprint density at radius 1 is 1.20 bits per heavy atom. The van der Waals surface area contributed by atoms with Crippen LogP contribution >= 0.6 is 23.4 Å². The van der Waals surface area contributed by atoms with Gasteiger partial charge in [-0.3, -0.25) is 14.2 Å². The number of thioether (sulfide) groups is 1. The van der Waals surface area contributed by atoms with Gasteiger partial charge >= 0.3 is 0 Å². The lowest BCUT2D eigenvalue weighted by atomic mass is 10.2. The smallest absolute Gasteiger partial charge is 0.262 e. The maximum Gasteiger partial charge on any atom is 0.262 e. The molecule has 0 radical (unpaired) electrons. The van der Waals surface area contributed by atoms with Crippen LogP contribution in [-0.4, -0.2) is 33.9 Å². The fourth-order valence-corrected chi connectivity index (χ4v) is 3.81. The predicted molar refractivity (Wildman–Crippen MR) is 123 cm³/mol. The Hall–Kier alpha value is -2.35. The highest BCUT2D eigenvalue weighted by molar-refractivity contribution is 7.99. The van der Waals surface area contributed by atoms with Gasteiger partial charge < -0.3 is 10.1 Å². The highest BCUT2D eigenvalue weighted by Crippen LogP contribution is 2.19. The Morgan fingerprint density at radius 2 is 1.93 bits per heavy atom. The zero-order valence-electron chi connectivity index (χ0n) is 16.9. The molecule has 0 unspecified atom stereocenters. The monoisotopic (exact) mass is 445 g/mol. The molecule has 1 heterocycles. The summed E-state index contributed by atoms with van der Waals surface area (Å²) in [6.07, 6.45) is 0.824. The number of anilines is 1. The van der Waals surface area contributed by atoms with E-state index in [4.69, 9.17) is 16.3 Å². The number of aromatic nitrogens is 2. The number of carbonyl (C=O) groups excluding carboxylic acids is 1. The molecule has 1 aromatic heterocycles. The SMILES string of the molecule is CC(C)OCCCn1c(SCC(=O)Nc2ccc(Cl)cc2)nc2ccccc2c1=O. The number of benzene rings is 2. The molecule has 8 heteroatoms. The predicted octanol–water partition coefficient (Wildman–Crippen LogP) is 4.60. The fourth-order valence-electron chi connectivity index (χ4n) is 2.86. The van der Waals surface area contributed by atoms with Gasteiger partial charge in [-0.15, -0.1) is 0 Å². The average molecular weight is 446 g/mol. The van der Waals surface area contributed by atoms with E-state index >= 15 is 0 Å². The first-order valence-corrected chi connectivity index (χ1v) is 11.1. The Labute approximate surface area is 184 Å². The first kappa shape index (κ1) is 22.3. The van der Waals surface area contributed by atoms with E-state index < -0.39 is 0 Å². The quantitative estimate of drug-likeness (QED) is 0.296. The van der Waals surface area contributed by atoms with Crippen molar-refractivity contribution in [2.24, 2.45) is 0 Å². The molecule has 0 aliphatic carbocycles. The zero-order valence-corrected chi connectivity index (χ0v) is 18.5. The first-order chi connectivity index (χ1) is 14.4. The average Bonchev–Trinajstić information content (AvgIpc) is 2.72. The largest absolute Gasteiger partial charge is 0.379 e. The number of hydrogen-bond donors (Lipinski definition) is 1. The van der Waals surface area contributed by atoms with Crippen molar-refractivity contribution in [3.05, 3.63) is 63.9 Å². The summed E-state index contributed by atoms with van der Waals surface area (Å²) in [6, 6.07) is 14.2. The lowest BCUT2D eigenvalue weighted by Crippen LogP contribution is -2.25. The summed E-state index contributed by atoms with van der Waals surface area (Å²) >= 11 is 7.12. The van der Waals surface area contributed by atoms with E-state index in [2.05, 4.69) is 10.3 Å². The molecule has 2 aromatic carbocycles. The highest BCUT2D eigenvalue weighted by Gasteiger charge is 2.13. The Morgan fingerprint density at radius 3 is 2.67 bits per heavy atom. The van der Waals surface area contributed by atoms with E-state index in [0.29, 0.717) is 46.3 Å². The van der Waals surface area contributed by atoms with Crippen molar-refractivity contribution in [2.75, 3.05) is 17.7 Å². The molecule has 1 N–H and O–H groups in total. The van der Waals surface area contributed by atoms with Crippen molar-refractivity contribution in [3.63, 3.8) is 0 Å². The standard InChI is InChI=1S/C22H24ClN3O3S/c1-15(2)29-13-5-12-26-21(28)18-6-3-4-7-19(18)25-22(26)30-14-20(27)24-17-10-8-16(23)9-11-17/h3-4,6-11,15H,5,12-14H2,1-2H3,(H,24,27). The molecule has 0 saturated heterocycles. The van der Waals surface area contributed by atoms with Gasteiger partial charge in [-0.25, -0.2) is 4.98 Å². The second kappa shape index (κ2) is 10.6. The van der Waals surface area contributed by atoms with Crippen LogP contribution in [0, 0.1) is 0 Å². The molecule has 6 nitrogen and oxygen atoms in total. The molecule has 30 heavy (non-hydrogen) atoms. The van der Waals surface area contributed by atoms with Gasteiger partial charge in [0.05, 0.1) is 22.8 Å². The molecule has 0 aliphatic heterocycles. The van der Waals surface area contributed by atoms with Crippen LogP contribution in [0.15, 0.2) is 58.5 Å². The number of ether oxygens (including phenoxy) is 1. The highest BCUT2D eigenvalue weighted by atomic mass is 35.5. The van der Waals surface area contributed by atoms with Crippen LogP contribution in [0.2, 0.25) is 5.02 Å². The third kappa shape index (κ3) is 6.08. The van der Waals surface area contributed by atoms with E-state index in [0.717, 1.165) is 0 Å². The minimum absolute atomic E-state index is 0.106. The molecule has 0 fully saturated rings. The normalized spacial score (nSPS) is 11.2. The molecule has 158 valence electrons. The Balaban J connectivity index is 1.75. The molecule has 0 saturated carbocycles. The lowest BCUT2D eigenvalue weighted by Gasteiger charge is -2.14. The second-order valence-corrected chi connectivity index (χ2v) is 8.36. The van der Waals surface area contributed by atoms with Gasteiger partial charge in [0.2, 0.25) is 5.91 Å². The number of para-hydroxylation sites is 1. The van der Waals surface area contributed by atoms with Crippen LogP contribution in [0.3, 0.4) is 0 Å². The molecule has 1 amide bonds. The van der Waals surface area contributed by atoms with Gasteiger partial charge in [0.15, 0.2) is 5.16 Å². The number of fused-ring (bicyclic) bond motifs is 1. The maximum atomic E-state index is 13.0. The summed E-state index contributed by atoms with van der Waals surface area (Å²) in [7, 11) is 0. The molecule has 0 spiro atoms. The van der Waals surface area contributed by atoms with E-state index in [-0.39, 0.29) is 23.3 Å². The second-order valence-electron chi connectivity index (χ2n) is 6.99. The van der Waals surface area contributed by atoms with E-state index in [1.54, 1.807) is 41.0 Å². The van der Waals surface area contributed by atoms with Crippen LogP contribution in [0.5, 0.6) is 0 Å². The first-order valence-electron chi connectivity index (χ1n) is 9.73. The summed E-state index contributed by atoms with van der Waals surface area (Å²) < 4.78 is 7.22. The van der Waals surface area contributed by atoms with Crippen LogP contribution < -0.4 is 10.9 Å². The van der Waals surface area contributed by atoms with Crippen LogP contribution in [-0.2, 0) is 16.1 Å². The number of halogens is 1. The summed E-state index contributed by atoms with van der Waals surface area (Å²) in [5.41, 5.74) is 1.18. The topological polar surface area (TPSA) is 73.2 Å². The van der Waals surface area contributed by atoms with Gasteiger partial charge in [-0.1, -0.05) is 35.5 Å². The Kier molecular flexibility index (Phi) is 7.90. The number of hydrogen-bond acceptors (Lipinski definition) is 5. The van der Waals surface area contributed by atoms with Crippen molar-refractivity contribution < 1.29 is 9.53 Å². The third-order valence-corrected chi connectivity index (χ3v) is 5.49. The summed E-state index contributed by atoms with van der Waals surface area (Å²) in [6.45, 7) is 4.98. The van der Waals surface area contributed by atoms with Crippen LogP contribution in [0.1, 0.15) is 20.3 Å². The van der Waals surface area contributed by atoms with Gasteiger partial charge in [0, 0.05) is 23.9 Å². The van der Waals surface area contributed by atoms with Crippen molar-refractivity contribution in [1.82, 2.24) is 9.55 Å². The molecular formula is C22H24ClN3O3S. The van der Waals surface area contributed by atoms with Gasteiger partial charge in [-0.05, 0) is 56.7 Å². The van der Waals surface area contributed by atoms with E-state index in [9.17, 15) is 9.59 Å². The van der Waals surface area contributed by atoms with Crippen molar-refractivity contribution >= 4 is 45.9 Å². The minimum Gasteiger partial charge on any atom is -0.379 e. The summed E-state index contributed by atoms with van der Waals surface area (Å²) in [5, 5.41) is 4.52. The summed E-state index contributed by atoms with van der Waals surface area (Å²) in [4.78, 5) is 30.0. The molecular weight excluding hydrogens is 422 g/mol. The van der Waals surface area contributed by atoms with E-state index in [1.807, 2.05) is 26.0 Å². The molecule has 0 bridgehead atoms. The minimum atomic E-state index is -0.181. The number of nitrogens with zero attached hydrogens (tertiary/aromatic N) is 2. The van der Waals surface area contributed by atoms with Crippen molar-refractivity contribution in [2.45, 2.75) is 38.1 Å². The number of rotatable bonds is 9. The molecule has 0 aliphatic rings. The van der Waals surface area contributed by atoms with Gasteiger partial charge in [-0.2, -0.15) is 0 Å². The van der Waals surface area contributed by atoms with Crippen LogP contribution in [0.25, 0.3) is 10.9 Å². The number of carbonyl (C=O) groups is 1. The molecule has 3 aromatic rings. The number of nitrogens with one attached hydrogen (secondary N) is 1. The Bertz CT molecular complexity index is 1070. The molecule has 3 rings (SSSR count). The number of amides is 1. The molecule has 0 atom stereocenters. The van der Waals surface area contributed by atoms with Crippen molar-refractivity contribution in [1.29, 1.82) is 0 Å². The zero-order chi connectivity index (χ0) is 21.5. The fraction of sp³-hybridized carbons (Fsp3) is 0.318. The van der Waals surface area contributed by atoms with E-state index in [1.165, 1.54) is 11.8 Å². The van der Waals surface area contributed by atoms with Gasteiger partial charge in [0.25, 0.3) is 5.56 Å². The lowest BCUT2D eigenvalue weighted by molar-refractivity contribution is -0.113. The maximum absolute atomic E-state index is 13.0. The van der Waals surface area contributed by atoms with Crippen molar-refractivity contribution in [3.8, 4) is 0 Å². The van der Waals surface area contributed by atoms with Crippen LogP contribution in [0.4, 0.5) is 5.69 Å². The third-order valence-electron chi connectivity index (χ3n) is 4.26.